The first kappa shape index (κ1) is 11.4. The third-order valence-electron chi connectivity index (χ3n) is 3.96. The molecule has 1 saturated carbocycles. The molecule has 2 aliphatic rings. The summed E-state index contributed by atoms with van der Waals surface area (Å²) in [7, 11) is 0. The van der Waals surface area contributed by atoms with E-state index in [0.29, 0.717) is 6.42 Å². The van der Waals surface area contributed by atoms with Crippen molar-refractivity contribution >= 4 is 5.91 Å². The average Bonchev–Trinajstić information content (AvgIpc) is 2.99. The normalized spacial score (nSPS) is 24.9. The highest BCUT2D eigenvalue weighted by atomic mass is 16.1. The first-order chi connectivity index (χ1) is 7.65. The van der Waals surface area contributed by atoms with Gasteiger partial charge in [0, 0.05) is 18.9 Å². The second-order valence-corrected chi connectivity index (χ2v) is 5.29. The fraction of sp³-hybridized carbons (Fsp3) is 0.833. The van der Waals surface area contributed by atoms with Gasteiger partial charge in [-0.25, -0.2) is 0 Å². The number of amides is 1. The summed E-state index contributed by atoms with van der Waals surface area (Å²) in [6.45, 7) is 2.95. The molecule has 0 spiro atoms. The molecule has 2 rings (SSSR count). The minimum absolute atomic E-state index is 0.0716. The summed E-state index contributed by atoms with van der Waals surface area (Å²) in [5, 5.41) is 8.76. The topological polar surface area (TPSA) is 70.1 Å². The number of primary amides is 1. The monoisotopic (exact) mass is 221 g/mol. The number of carbonyl (C=O) groups is 1. The van der Waals surface area contributed by atoms with Crippen LogP contribution in [-0.4, -0.2) is 30.4 Å². The zero-order chi connectivity index (χ0) is 11.6. The first-order valence-corrected chi connectivity index (χ1v) is 6.04. The molecule has 0 bridgehead atoms. The van der Waals surface area contributed by atoms with Gasteiger partial charge in [-0.2, -0.15) is 5.26 Å². The third kappa shape index (κ3) is 2.53. The van der Waals surface area contributed by atoms with Crippen LogP contribution in [0.2, 0.25) is 0 Å². The maximum Gasteiger partial charge on any atom is 0.220 e. The molecule has 1 aliphatic heterocycles. The number of hydrogen-bond donors (Lipinski definition) is 1. The maximum atomic E-state index is 11.0. The van der Waals surface area contributed by atoms with E-state index < -0.39 is 0 Å². The predicted octanol–water partition coefficient (Wildman–Crippen LogP) is 0.878. The number of piperidine rings is 1. The van der Waals surface area contributed by atoms with E-state index in [1.165, 1.54) is 12.8 Å². The van der Waals surface area contributed by atoms with Crippen molar-refractivity contribution in [2.75, 3.05) is 19.6 Å². The minimum Gasteiger partial charge on any atom is -0.369 e. The molecule has 16 heavy (non-hydrogen) atoms. The second kappa shape index (κ2) is 4.42. The van der Waals surface area contributed by atoms with Gasteiger partial charge in [-0.15, -0.1) is 0 Å². The molecular weight excluding hydrogens is 202 g/mol. The predicted molar refractivity (Wildman–Crippen MR) is 60.3 cm³/mol. The van der Waals surface area contributed by atoms with Crippen molar-refractivity contribution < 1.29 is 4.79 Å². The number of hydrogen-bond acceptors (Lipinski definition) is 3. The average molecular weight is 221 g/mol. The van der Waals surface area contributed by atoms with Gasteiger partial charge in [-0.1, -0.05) is 0 Å². The molecule has 0 radical (unpaired) electrons. The lowest BCUT2D eigenvalue weighted by Gasteiger charge is -2.32. The van der Waals surface area contributed by atoms with Crippen molar-refractivity contribution in [2.45, 2.75) is 32.1 Å². The van der Waals surface area contributed by atoms with Crippen molar-refractivity contribution in [3.05, 3.63) is 0 Å². The molecule has 4 heteroatoms. The fourth-order valence-corrected chi connectivity index (χ4v) is 2.59. The highest BCUT2D eigenvalue weighted by Gasteiger charge is 2.44. The standard InChI is InChI=1S/C12H19N3O/c13-6-5-12(3-4-12)9-15-7-1-10(2-8-15)11(14)16/h10H,1-5,7-9H2,(H2,14,16). The van der Waals surface area contributed by atoms with Crippen LogP contribution < -0.4 is 5.73 Å². The molecule has 0 aromatic rings. The largest absolute Gasteiger partial charge is 0.369 e. The quantitative estimate of drug-likeness (QED) is 0.766. The Hall–Kier alpha value is -1.08. The van der Waals surface area contributed by atoms with Crippen LogP contribution in [-0.2, 0) is 4.79 Å². The summed E-state index contributed by atoms with van der Waals surface area (Å²) in [5.74, 6) is -0.0832. The summed E-state index contributed by atoms with van der Waals surface area (Å²) in [6.07, 6.45) is 4.84. The van der Waals surface area contributed by atoms with Crippen LogP contribution in [0.4, 0.5) is 0 Å². The van der Waals surface area contributed by atoms with Crippen LogP contribution in [0, 0.1) is 22.7 Å². The summed E-state index contributed by atoms with van der Waals surface area (Å²) in [6, 6.07) is 2.29. The van der Waals surface area contributed by atoms with Crippen LogP contribution in [0.15, 0.2) is 0 Å². The van der Waals surface area contributed by atoms with Gasteiger partial charge in [-0.3, -0.25) is 4.79 Å². The number of nitrogens with zero attached hydrogens (tertiary/aromatic N) is 2. The number of nitriles is 1. The lowest BCUT2D eigenvalue weighted by Crippen LogP contribution is -2.41. The molecule has 1 heterocycles. The van der Waals surface area contributed by atoms with Gasteiger partial charge < -0.3 is 10.6 Å². The zero-order valence-electron chi connectivity index (χ0n) is 9.61. The van der Waals surface area contributed by atoms with Crippen molar-refractivity contribution in [1.29, 1.82) is 5.26 Å². The van der Waals surface area contributed by atoms with Gasteiger partial charge in [0.05, 0.1) is 6.07 Å². The molecule has 4 nitrogen and oxygen atoms in total. The smallest absolute Gasteiger partial charge is 0.220 e. The van der Waals surface area contributed by atoms with E-state index >= 15 is 0 Å². The summed E-state index contributed by atoms with van der Waals surface area (Å²) >= 11 is 0. The number of carbonyl (C=O) groups excluding carboxylic acids is 1. The molecule has 0 aromatic heterocycles. The number of rotatable bonds is 4. The summed E-state index contributed by atoms with van der Waals surface area (Å²) in [5.41, 5.74) is 5.59. The highest BCUT2D eigenvalue weighted by molar-refractivity contribution is 5.76. The van der Waals surface area contributed by atoms with Crippen LogP contribution in [0.25, 0.3) is 0 Å². The van der Waals surface area contributed by atoms with Gasteiger partial charge in [-0.05, 0) is 44.2 Å². The van der Waals surface area contributed by atoms with E-state index in [2.05, 4.69) is 11.0 Å². The van der Waals surface area contributed by atoms with Gasteiger partial charge in [0.15, 0.2) is 0 Å². The zero-order valence-corrected chi connectivity index (χ0v) is 9.61. The van der Waals surface area contributed by atoms with E-state index in [4.69, 9.17) is 11.0 Å². The van der Waals surface area contributed by atoms with Crippen LogP contribution in [0.1, 0.15) is 32.1 Å². The van der Waals surface area contributed by atoms with E-state index in [1.54, 1.807) is 0 Å². The first-order valence-electron chi connectivity index (χ1n) is 6.04. The van der Waals surface area contributed by atoms with E-state index in [9.17, 15) is 4.79 Å². The molecular formula is C12H19N3O. The maximum absolute atomic E-state index is 11.0. The second-order valence-electron chi connectivity index (χ2n) is 5.29. The molecule has 0 aromatic carbocycles. The minimum atomic E-state index is -0.155. The van der Waals surface area contributed by atoms with Crippen molar-refractivity contribution in [2.24, 2.45) is 17.1 Å². The van der Waals surface area contributed by atoms with E-state index in [1.807, 2.05) is 0 Å². The van der Waals surface area contributed by atoms with Crippen LogP contribution >= 0.6 is 0 Å². The molecule has 0 unspecified atom stereocenters. The Morgan fingerprint density at radius 2 is 2.06 bits per heavy atom. The van der Waals surface area contributed by atoms with Gasteiger partial charge in [0.1, 0.15) is 0 Å². The Morgan fingerprint density at radius 3 is 2.50 bits per heavy atom. The summed E-state index contributed by atoms with van der Waals surface area (Å²) in [4.78, 5) is 13.4. The lowest BCUT2D eigenvalue weighted by molar-refractivity contribution is -0.123. The van der Waals surface area contributed by atoms with Crippen molar-refractivity contribution in [3.63, 3.8) is 0 Å². The Labute approximate surface area is 96.4 Å². The molecule has 1 amide bonds. The molecule has 88 valence electrons. The van der Waals surface area contributed by atoms with Crippen molar-refractivity contribution in [1.82, 2.24) is 4.90 Å². The number of likely N-dealkylation sites (tertiary alicyclic amines) is 1. The molecule has 0 atom stereocenters. The Balaban J connectivity index is 1.78. The Kier molecular flexibility index (Phi) is 3.15. The molecule has 2 fully saturated rings. The van der Waals surface area contributed by atoms with Gasteiger partial charge in [0.25, 0.3) is 0 Å². The van der Waals surface area contributed by atoms with E-state index in [-0.39, 0.29) is 17.2 Å². The number of nitrogens with two attached hydrogens (primary N) is 1. The fourth-order valence-electron chi connectivity index (χ4n) is 2.59. The van der Waals surface area contributed by atoms with E-state index in [0.717, 1.165) is 32.5 Å². The summed E-state index contributed by atoms with van der Waals surface area (Å²) < 4.78 is 0. The van der Waals surface area contributed by atoms with Crippen LogP contribution in [0.3, 0.4) is 0 Å². The Morgan fingerprint density at radius 1 is 1.44 bits per heavy atom. The molecule has 1 saturated heterocycles. The van der Waals surface area contributed by atoms with Crippen LogP contribution in [0.5, 0.6) is 0 Å². The third-order valence-corrected chi connectivity index (χ3v) is 3.96. The SMILES string of the molecule is N#CCC1(CN2CCC(C(N)=O)CC2)CC1. The van der Waals surface area contributed by atoms with Gasteiger partial charge >= 0.3 is 0 Å². The van der Waals surface area contributed by atoms with Gasteiger partial charge in [0.2, 0.25) is 5.91 Å². The lowest BCUT2D eigenvalue weighted by atomic mass is 9.94. The molecule has 2 N–H and O–H groups in total. The van der Waals surface area contributed by atoms with Crippen molar-refractivity contribution in [3.8, 4) is 6.07 Å². The molecule has 1 aliphatic carbocycles. The Bertz CT molecular complexity index is 309. The highest BCUT2D eigenvalue weighted by Crippen LogP contribution is 2.49.